The topological polar surface area (TPSA) is 69.7 Å². The van der Waals surface area contributed by atoms with E-state index in [1.165, 1.54) is 5.56 Å². The fourth-order valence-corrected chi connectivity index (χ4v) is 2.34. The molecule has 6 nitrogen and oxygen atoms in total. The number of anilines is 2. The van der Waals surface area contributed by atoms with Gasteiger partial charge in [0.2, 0.25) is 0 Å². The van der Waals surface area contributed by atoms with E-state index in [2.05, 4.69) is 44.3 Å². The Morgan fingerprint density at radius 3 is 2.86 bits per heavy atom. The van der Waals surface area contributed by atoms with E-state index in [1.807, 2.05) is 31.1 Å². The number of hydrogen-bond donors (Lipinski definition) is 2. The van der Waals surface area contributed by atoms with Crippen molar-refractivity contribution < 1.29 is 0 Å². The lowest BCUT2D eigenvalue weighted by atomic mass is 10.2. The van der Waals surface area contributed by atoms with Gasteiger partial charge in [-0.2, -0.15) is 0 Å². The van der Waals surface area contributed by atoms with E-state index in [0.717, 1.165) is 41.5 Å². The number of hydrogen-bond acceptors (Lipinski definition) is 5. The van der Waals surface area contributed by atoms with Crippen LogP contribution < -0.4 is 10.2 Å². The fourth-order valence-electron chi connectivity index (χ4n) is 2.34. The van der Waals surface area contributed by atoms with E-state index in [4.69, 9.17) is 0 Å². The van der Waals surface area contributed by atoms with E-state index in [0.29, 0.717) is 0 Å². The van der Waals surface area contributed by atoms with Gasteiger partial charge in [0.1, 0.15) is 23.8 Å². The molecule has 0 saturated carbocycles. The second-order valence-corrected chi connectivity index (χ2v) is 5.49. The van der Waals surface area contributed by atoms with E-state index in [9.17, 15) is 0 Å². The third kappa shape index (κ3) is 3.00. The van der Waals surface area contributed by atoms with Gasteiger partial charge >= 0.3 is 0 Å². The molecule has 0 unspecified atom stereocenters. The van der Waals surface area contributed by atoms with Crippen molar-refractivity contribution >= 4 is 22.7 Å². The molecule has 6 heteroatoms. The maximum atomic E-state index is 4.65. The first-order valence-electron chi connectivity index (χ1n) is 7.31. The summed E-state index contributed by atoms with van der Waals surface area (Å²) in [5.41, 5.74) is 3.33. The van der Waals surface area contributed by atoms with Crippen molar-refractivity contribution in [2.24, 2.45) is 0 Å². The molecule has 0 saturated heterocycles. The Morgan fingerprint density at radius 1 is 1.23 bits per heavy atom. The van der Waals surface area contributed by atoms with Gasteiger partial charge in [0.25, 0.3) is 0 Å². The predicted octanol–water partition coefficient (Wildman–Crippen LogP) is 2.38. The minimum Gasteiger partial charge on any atom is -0.369 e. The largest absolute Gasteiger partial charge is 0.369 e. The van der Waals surface area contributed by atoms with E-state index < -0.39 is 0 Å². The highest BCUT2D eigenvalue weighted by Crippen LogP contribution is 2.16. The Hall–Kier alpha value is -2.63. The lowest BCUT2D eigenvalue weighted by Crippen LogP contribution is -2.12. The molecule has 3 aromatic rings. The van der Waals surface area contributed by atoms with Crippen molar-refractivity contribution in [3.8, 4) is 0 Å². The SMILES string of the molecule is Cc1cccc2[nH]c(CCNc3cc(N(C)C)ncn3)nc12. The van der Waals surface area contributed by atoms with Crippen LogP contribution in [0.3, 0.4) is 0 Å². The van der Waals surface area contributed by atoms with Gasteiger partial charge in [-0.25, -0.2) is 15.0 Å². The van der Waals surface area contributed by atoms with Crippen molar-refractivity contribution in [1.29, 1.82) is 0 Å². The van der Waals surface area contributed by atoms with Gasteiger partial charge < -0.3 is 15.2 Å². The van der Waals surface area contributed by atoms with Crippen molar-refractivity contribution in [1.82, 2.24) is 19.9 Å². The average Bonchev–Trinajstić information content (AvgIpc) is 2.92. The fraction of sp³-hybridized carbons (Fsp3) is 0.312. The Morgan fingerprint density at radius 2 is 2.09 bits per heavy atom. The van der Waals surface area contributed by atoms with Crippen LogP contribution in [0.2, 0.25) is 0 Å². The maximum Gasteiger partial charge on any atom is 0.133 e. The van der Waals surface area contributed by atoms with Gasteiger partial charge in [-0.15, -0.1) is 0 Å². The summed E-state index contributed by atoms with van der Waals surface area (Å²) in [5.74, 6) is 2.70. The molecule has 2 N–H and O–H groups in total. The van der Waals surface area contributed by atoms with Gasteiger partial charge in [-0.05, 0) is 18.6 Å². The summed E-state index contributed by atoms with van der Waals surface area (Å²) in [6, 6.07) is 8.11. The third-order valence-electron chi connectivity index (χ3n) is 3.54. The lowest BCUT2D eigenvalue weighted by molar-refractivity contribution is 0.924. The molecule has 22 heavy (non-hydrogen) atoms. The number of aryl methyl sites for hydroxylation is 1. The maximum absolute atomic E-state index is 4.65. The quantitative estimate of drug-likeness (QED) is 0.756. The van der Waals surface area contributed by atoms with Crippen LogP contribution in [0.1, 0.15) is 11.4 Å². The van der Waals surface area contributed by atoms with Crippen LogP contribution in [0.5, 0.6) is 0 Å². The molecule has 2 aromatic heterocycles. The van der Waals surface area contributed by atoms with Crippen LogP contribution in [0.15, 0.2) is 30.6 Å². The van der Waals surface area contributed by atoms with Crippen LogP contribution >= 0.6 is 0 Å². The molecule has 0 bridgehead atoms. The van der Waals surface area contributed by atoms with Crippen LogP contribution in [0.25, 0.3) is 11.0 Å². The summed E-state index contributed by atoms with van der Waals surface area (Å²) < 4.78 is 0. The zero-order valence-electron chi connectivity index (χ0n) is 13.1. The summed E-state index contributed by atoms with van der Waals surface area (Å²) in [6.45, 7) is 2.84. The number of benzene rings is 1. The molecule has 0 aliphatic carbocycles. The summed E-state index contributed by atoms with van der Waals surface area (Å²) in [7, 11) is 3.92. The second-order valence-electron chi connectivity index (χ2n) is 5.49. The van der Waals surface area contributed by atoms with Crippen molar-refractivity contribution in [3.63, 3.8) is 0 Å². The standard InChI is InChI=1S/C16H20N6/c1-11-5-4-6-12-16(11)21-13(20-12)7-8-17-14-9-15(22(2)3)19-10-18-14/h4-6,9-10H,7-8H2,1-3H3,(H,20,21)(H,17,18,19). The molecule has 0 atom stereocenters. The Balaban J connectivity index is 1.65. The summed E-state index contributed by atoms with van der Waals surface area (Å²) in [5, 5.41) is 3.31. The molecule has 0 fully saturated rings. The molecule has 3 rings (SSSR count). The molecular weight excluding hydrogens is 276 g/mol. The number of nitrogens with zero attached hydrogens (tertiary/aromatic N) is 4. The van der Waals surface area contributed by atoms with Crippen LogP contribution in [-0.2, 0) is 6.42 Å². The number of nitrogens with one attached hydrogen (secondary N) is 2. The first kappa shape index (κ1) is 14.3. The first-order valence-corrected chi connectivity index (χ1v) is 7.31. The van der Waals surface area contributed by atoms with E-state index >= 15 is 0 Å². The minimum atomic E-state index is 0.767. The summed E-state index contributed by atoms with van der Waals surface area (Å²) in [4.78, 5) is 18.4. The van der Waals surface area contributed by atoms with E-state index in [1.54, 1.807) is 6.33 Å². The molecule has 0 aliphatic heterocycles. The molecular formula is C16H20N6. The zero-order valence-corrected chi connectivity index (χ0v) is 13.1. The minimum absolute atomic E-state index is 0.767. The number of para-hydroxylation sites is 1. The molecule has 1 aromatic carbocycles. The molecule has 0 amide bonds. The molecule has 114 valence electrons. The zero-order chi connectivity index (χ0) is 15.5. The van der Waals surface area contributed by atoms with Gasteiger partial charge in [0.05, 0.1) is 11.0 Å². The monoisotopic (exact) mass is 296 g/mol. The predicted molar refractivity (Wildman–Crippen MR) is 89.4 cm³/mol. The van der Waals surface area contributed by atoms with Crippen molar-refractivity contribution in [2.75, 3.05) is 30.9 Å². The average molecular weight is 296 g/mol. The van der Waals surface area contributed by atoms with Crippen LogP contribution in [-0.4, -0.2) is 40.6 Å². The Bertz CT molecular complexity index is 777. The van der Waals surface area contributed by atoms with Gasteiger partial charge in [-0.3, -0.25) is 0 Å². The van der Waals surface area contributed by atoms with E-state index in [-0.39, 0.29) is 0 Å². The normalized spacial score (nSPS) is 10.9. The summed E-state index contributed by atoms with van der Waals surface area (Å²) in [6.07, 6.45) is 2.39. The van der Waals surface area contributed by atoms with Gasteiger partial charge in [0.15, 0.2) is 0 Å². The summed E-state index contributed by atoms with van der Waals surface area (Å²) >= 11 is 0. The van der Waals surface area contributed by atoms with Crippen molar-refractivity contribution in [2.45, 2.75) is 13.3 Å². The number of H-pyrrole nitrogens is 1. The van der Waals surface area contributed by atoms with Crippen LogP contribution in [0.4, 0.5) is 11.6 Å². The highest BCUT2D eigenvalue weighted by atomic mass is 15.2. The molecule has 0 spiro atoms. The van der Waals surface area contributed by atoms with Gasteiger partial charge in [0, 0.05) is 33.1 Å². The highest BCUT2D eigenvalue weighted by molar-refractivity contribution is 5.78. The smallest absolute Gasteiger partial charge is 0.133 e. The number of imidazole rings is 1. The number of aromatic nitrogens is 4. The Labute approximate surface area is 129 Å². The molecule has 2 heterocycles. The number of rotatable bonds is 5. The van der Waals surface area contributed by atoms with Gasteiger partial charge in [-0.1, -0.05) is 12.1 Å². The Kier molecular flexibility index (Phi) is 3.91. The third-order valence-corrected chi connectivity index (χ3v) is 3.54. The first-order chi connectivity index (χ1) is 10.6. The number of fused-ring (bicyclic) bond motifs is 1. The second kappa shape index (κ2) is 6.01. The molecule has 0 radical (unpaired) electrons. The van der Waals surface area contributed by atoms with Crippen LogP contribution in [0, 0.1) is 6.92 Å². The van der Waals surface area contributed by atoms with Crippen molar-refractivity contribution in [3.05, 3.63) is 42.0 Å². The molecule has 0 aliphatic rings. The highest BCUT2D eigenvalue weighted by Gasteiger charge is 2.05. The lowest BCUT2D eigenvalue weighted by Gasteiger charge is -2.12. The number of aromatic amines is 1.